The van der Waals surface area contributed by atoms with Gasteiger partial charge in [0.1, 0.15) is 4.60 Å². The van der Waals surface area contributed by atoms with Crippen LogP contribution in [-0.2, 0) is 6.42 Å². The fourth-order valence-electron chi connectivity index (χ4n) is 1.61. The molecule has 8 heteroatoms. The number of halogens is 1. The first-order valence-corrected chi connectivity index (χ1v) is 6.10. The second-order valence-electron chi connectivity index (χ2n) is 3.59. The van der Waals surface area contributed by atoms with Gasteiger partial charge in [0.2, 0.25) is 6.39 Å². The quantitative estimate of drug-likeness (QED) is 0.787. The lowest BCUT2D eigenvalue weighted by Gasteiger charge is -2.06. The summed E-state index contributed by atoms with van der Waals surface area (Å²) < 4.78 is 7.31. The number of imidazole rings is 1. The third-order valence-corrected chi connectivity index (χ3v) is 2.77. The van der Waals surface area contributed by atoms with E-state index in [-0.39, 0.29) is 0 Å². The summed E-state index contributed by atoms with van der Waals surface area (Å²) in [5.41, 5.74) is 0.784. The van der Waals surface area contributed by atoms with Gasteiger partial charge in [-0.05, 0) is 15.9 Å². The van der Waals surface area contributed by atoms with Crippen LogP contribution >= 0.6 is 15.9 Å². The van der Waals surface area contributed by atoms with Crippen LogP contribution in [0.5, 0.6) is 0 Å². The van der Waals surface area contributed by atoms with E-state index in [1.807, 2.05) is 16.8 Å². The second kappa shape index (κ2) is 4.73. The lowest BCUT2D eigenvalue weighted by atomic mass is 10.4. The zero-order valence-corrected chi connectivity index (χ0v) is 10.8. The van der Waals surface area contributed by atoms with Crippen molar-refractivity contribution in [3.05, 3.63) is 35.4 Å². The van der Waals surface area contributed by atoms with E-state index in [0.29, 0.717) is 18.8 Å². The highest BCUT2D eigenvalue weighted by atomic mass is 79.9. The lowest BCUT2D eigenvalue weighted by Crippen LogP contribution is -2.09. The maximum absolute atomic E-state index is 4.67. The van der Waals surface area contributed by atoms with E-state index in [1.165, 1.54) is 6.39 Å². The number of hydrogen-bond acceptors (Lipinski definition) is 6. The SMILES string of the molecule is Brc1cn2ccnc2c(NCCc2ncon2)n1. The van der Waals surface area contributed by atoms with E-state index in [2.05, 4.69) is 45.9 Å². The number of fused-ring (bicyclic) bond motifs is 1. The molecule has 0 fully saturated rings. The van der Waals surface area contributed by atoms with Crippen molar-refractivity contribution in [2.45, 2.75) is 6.42 Å². The highest BCUT2D eigenvalue weighted by molar-refractivity contribution is 9.10. The van der Waals surface area contributed by atoms with Crippen molar-refractivity contribution >= 4 is 27.4 Å². The van der Waals surface area contributed by atoms with Gasteiger partial charge in [0.15, 0.2) is 17.3 Å². The molecular weight excluding hydrogens is 300 g/mol. The Morgan fingerprint density at radius 2 is 2.33 bits per heavy atom. The molecule has 0 aliphatic carbocycles. The molecule has 0 aliphatic heterocycles. The number of rotatable bonds is 4. The van der Waals surface area contributed by atoms with Gasteiger partial charge in [-0.3, -0.25) is 0 Å². The van der Waals surface area contributed by atoms with Crippen LogP contribution in [0.1, 0.15) is 5.82 Å². The molecule has 0 aromatic carbocycles. The summed E-state index contributed by atoms with van der Waals surface area (Å²) in [5.74, 6) is 1.38. The number of nitrogens with one attached hydrogen (secondary N) is 1. The summed E-state index contributed by atoms with van der Waals surface area (Å²) in [6, 6.07) is 0. The van der Waals surface area contributed by atoms with E-state index in [9.17, 15) is 0 Å². The lowest BCUT2D eigenvalue weighted by molar-refractivity contribution is 0.410. The highest BCUT2D eigenvalue weighted by Gasteiger charge is 2.06. The Kier molecular flexibility index (Phi) is 2.93. The molecule has 3 heterocycles. The van der Waals surface area contributed by atoms with Gasteiger partial charge in [0, 0.05) is 31.6 Å². The molecule has 0 radical (unpaired) electrons. The number of nitrogens with zero attached hydrogens (tertiary/aromatic N) is 5. The predicted octanol–water partition coefficient (Wildman–Crippen LogP) is 1.53. The topological polar surface area (TPSA) is 81.1 Å². The zero-order valence-electron chi connectivity index (χ0n) is 9.25. The van der Waals surface area contributed by atoms with Crippen LogP contribution in [0.25, 0.3) is 5.65 Å². The fourth-order valence-corrected chi connectivity index (χ4v) is 2.01. The van der Waals surface area contributed by atoms with Crippen molar-refractivity contribution in [2.24, 2.45) is 0 Å². The first-order valence-electron chi connectivity index (χ1n) is 5.31. The molecule has 92 valence electrons. The average Bonchev–Trinajstić information content (AvgIpc) is 2.98. The first-order chi connectivity index (χ1) is 8.83. The summed E-state index contributed by atoms with van der Waals surface area (Å²) in [5, 5.41) is 6.95. The Morgan fingerprint density at radius 1 is 1.39 bits per heavy atom. The molecule has 0 bridgehead atoms. The van der Waals surface area contributed by atoms with Gasteiger partial charge in [-0.1, -0.05) is 5.16 Å². The van der Waals surface area contributed by atoms with Crippen molar-refractivity contribution in [3.63, 3.8) is 0 Å². The third kappa shape index (κ3) is 2.19. The largest absolute Gasteiger partial charge is 0.366 e. The van der Waals surface area contributed by atoms with Gasteiger partial charge in [-0.15, -0.1) is 0 Å². The molecule has 0 saturated heterocycles. The molecule has 1 N–H and O–H groups in total. The maximum Gasteiger partial charge on any atom is 0.213 e. The Balaban J connectivity index is 1.75. The fraction of sp³-hybridized carbons (Fsp3) is 0.200. The van der Waals surface area contributed by atoms with Gasteiger partial charge in [0.05, 0.1) is 0 Å². The Labute approximate surface area is 110 Å². The molecule has 0 saturated carbocycles. The standard InChI is InChI=1S/C10H9BrN6O/c11-7-5-17-4-3-13-10(17)9(15-7)12-2-1-8-14-6-18-16-8/h3-6H,1-2H2,(H,12,15). The highest BCUT2D eigenvalue weighted by Crippen LogP contribution is 2.16. The van der Waals surface area contributed by atoms with Gasteiger partial charge in [-0.25, -0.2) is 9.97 Å². The first kappa shape index (κ1) is 11.1. The second-order valence-corrected chi connectivity index (χ2v) is 4.41. The zero-order chi connectivity index (χ0) is 12.4. The van der Waals surface area contributed by atoms with Gasteiger partial charge in [0.25, 0.3) is 0 Å². The summed E-state index contributed by atoms with van der Waals surface area (Å²) in [4.78, 5) is 12.5. The molecular formula is C10H9BrN6O. The van der Waals surface area contributed by atoms with Crippen molar-refractivity contribution in [1.82, 2.24) is 24.5 Å². The number of anilines is 1. The van der Waals surface area contributed by atoms with E-state index in [1.54, 1.807) is 6.20 Å². The van der Waals surface area contributed by atoms with Crippen LogP contribution in [0, 0.1) is 0 Å². The van der Waals surface area contributed by atoms with Gasteiger partial charge < -0.3 is 14.2 Å². The molecule has 18 heavy (non-hydrogen) atoms. The van der Waals surface area contributed by atoms with Crippen LogP contribution in [0.3, 0.4) is 0 Å². The van der Waals surface area contributed by atoms with Gasteiger partial charge in [-0.2, -0.15) is 4.98 Å². The summed E-state index contributed by atoms with van der Waals surface area (Å²) in [6.07, 6.45) is 7.43. The Morgan fingerprint density at radius 3 is 3.17 bits per heavy atom. The van der Waals surface area contributed by atoms with E-state index >= 15 is 0 Å². The average molecular weight is 309 g/mol. The smallest absolute Gasteiger partial charge is 0.213 e. The van der Waals surface area contributed by atoms with Crippen molar-refractivity contribution in [3.8, 4) is 0 Å². The van der Waals surface area contributed by atoms with Crippen LogP contribution in [0.2, 0.25) is 0 Å². The normalized spacial score (nSPS) is 10.9. The summed E-state index contributed by atoms with van der Waals surface area (Å²) in [7, 11) is 0. The minimum Gasteiger partial charge on any atom is -0.366 e. The van der Waals surface area contributed by atoms with Crippen molar-refractivity contribution in [2.75, 3.05) is 11.9 Å². The molecule has 0 unspecified atom stereocenters. The van der Waals surface area contributed by atoms with Crippen molar-refractivity contribution in [1.29, 1.82) is 0 Å². The van der Waals surface area contributed by atoms with Crippen LogP contribution in [0.15, 0.2) is 34.1 Å². The molecule has 0 aliphatic rings. The number of hydrogen-bond donors (Lipinski definition) is 1. The molecule has 0 atom stereocenters. The Hall–Kier alpha value is -1.96. The predicted molar refractivity (Wildman–Crippen MR) is 67.2 cm³/mol. The molecule has 0 spiro atoms. The van der Waals surface area contributed by atoms with E-state index < -0.39 is 0 Å². The maximum atomic E-state index is 4.67. The van der Waals surface area contributed by atoms with E-state index in [0.717, 1.165) is 16.1 Å². The van der Waals surface area contributed by atoms with Crippen molar-refractivity contribution < 1.29 is 4.52 Å². The third-order valence-electron chi connectivity index (χ3n) is 2.39. The summed E-state index contributed by atoms with van der Waals surface area (Å²) >= 11 is 3.36. The number of aromatic nitrogens is 5. The molecule has 3 aromatic heterocycles. The molecule has 3 rings (SSSR count). The van der Waals surface area contributed by atoms with Gasteiger partial charge >= 0.3 is 0 Å². The summed E-state index contributed by atoms with van der Waals surface area (Å²) in [6.45, 7) is 0.658. The minimum atomic E-state index is 0.658. The van der Waals surface area contributed by atoms with Crippen LogP contribution in [0.4, 0.5) is 5.82 Å². The molecule has 0 amide bonds. The Bertz CT molecular complexity index is 649. The monoisotopic (exact) mass is 308 g/mol. The van der Waals surface area contributed by atoms with E-state index in [4.69, 9.17) is 0 Å². The minimum absolute atomic E-state index is 0.658. The molecule has 3 aromatic rings. The van der Waals surface area contributed by atoms with Crippen LogP contribution < -0.4 is 5.32 Å². The molecule has 7 nitrogen and oxygen atoms in total. The van der Waals surface area contributed by atoms with Crippen LogP contribution in [-0.4, -0.2) is 31.1 Å².